The van der Waals surface area contributed by atoms with E-state index in [0.29, 0.717) is 30.6 Å². The molecule has 0 spiro atoms. The summed E-state index contributed by atoms with van der Waals surface area (Å²) in [7, 11) is -3.94. The van der Waals surface area contributed by atoms with E-state index in [1.165, 1.54) is 17.8 Å². The summed E-state index contributed by atoms with van der Waals surface area (Å²) in [5.41, 5.74) is 2.66. The minimum Gasteiger partial charge on any atom is -0.411 e. The Morgan fingerprint density at radius 2 is 1.97 bits per heavy atom. The van der Waals surface area contributed by atoms with Crippen molar-refractivity contribution in [1.82, 2.24) is 15.5 Å². The molecule has 1 heterocycles. The van der Waals surface area contributed by atoms with Crippen LogP contribution in [0.25, 0.3) is 11.5 Å². The maximum Gasteiger partial charge on any atom is 0.325 e. The average molecular weight is 492 g/mol. The molecule has 1 unspecified atom stereocenters. The number of nitro benzene ring substituents is 1. The number of nitro groups is 1. The molecule has 1 atom stereocenters. The van der Waals surface area contributed by atoms with E-state index in [0.717, 1.165) is 23.1 Å². The van der Waals surface area contributed by atoms with E-state index >= 15 is 0 Å². The monoisotopic (exact) mass is 492 g/mol. The molecule has 1 aromatic heterocycles. The standard InChI is InChI=1S/C21H25N4O6PS/c1-2-19(17-5-3-6-18(13-17)25(26)27)33-21-24-23-20(31-21)16-9-7-15(8-10-16)14-22-11-4-12-32(28,29)30/h3,5-10,13,19,22H,2,4,11-12,14H2,1H3,(H2,28,29,30). The van der Waals surface area contributed by atoms with Gasteiger partial charge in [0.25, 0.3) is 10.9 Å². The zero-order valence-electron chi connectivity index (χ0n) is 18.0. The van der Waals surface area contributed by atoms with E-state index in [-0.39, 0.29) is 17.1 Å². The van der Waals surface area contributed by atoms with Crippen LogP contribution >= 0.6 is 19.4 Å². The predicted molar refractivity (Wildman–Crippen MR) is 125 cm³/mol. The summed E-state index contributed by atoms with van der Waals surface area (Å²) in [6, 6.07) is 14.1. The molecule has 10 nitrogen and oxygen atoms in total. The fourth-order valence-electron chi connectivity index (χ4n) is 3.13. The van der Waals surface area contributed by atoms with Crippen molar-refractivity contribution in [3.8, 4) is 11.5 Å². The Hall–Kier alpha value is -2.56. The van der Waals surface area contributed by atoms with Crippen LogP contribution in [0.4, 0.5) is 5.69 Å². The third-order valence-electron chi connectivity index (χ3n) is 4.81. The normalized spacial score (nSPS) is 12.6. The lowest BCUT2D eigenvalue weighted by atomic mass is 10.1. The number of thioether (sulfide) groups is 1. The maximum absolute atomic E-state index is 11.1. The first-order valence-corrected chi connectivity index (χ1v) is 13.0. The molecule has 0 fully saturated rings. The number of nitrogens with one attached hydrogen (secondary N) is 1. The molecular formula is C21H25N4O6PS. The number of hydrogen-bond donors (Lipinski definition) is 3. The molecule has 33 heavy (non-hydrogen) atoms. The molecule has 0 radical (unpaired) electrons. The van der Waals surface area contributed by atoms with Gasteiger partial charge in [-0.1, -0.05) is 43.0 Å². The van der Waals surface area contributed by atoms with Crippen molar-refractivity contribution in [1.29, 1.82) is 0 Å². The molecule has 176 valence electrons. The number of aromatic nitrogens is 2. The quantitative estimate of drug-likeness (QED) is 0.108. The molecule has 3 rings (SSSR count). The van der Waals surface area contributed by atoms with Crippen LogP contribution in [0.3, 0.4) is 0 Å². The first kappa shape index (κ1) is 25.1. The van der Waals surface area contributed by atoms with Gasteiger partial charge in [0, 0.05) is 29.5 Å². The fourth-order valence-corrected chi connectivity index (χ4v) is 4.61. The molecule has 0 bridgehead atoms. The van der Waals surface area contributed by atoms with E-state index in [9.17, 15) is 14.7 Å². The van der Waals surface area contributed by atoms with Crippen LogP contribution in [0, 0.1) is 10.1 Å². The van der Waals surface area contributed by atoms with Crippen molar-refractivity contribution in [3.63, 3.8) is 0 Å². The van der Waals surface area contributed by atoms with Gasteiger partial charge < -0.3 is 19.5 Å². The Labute approximate surface area is 195 Å². The second kappa shape index (κ2) is 11.5. The molecule has 0 saturated carbocycles. The third-order valence-corrected chi connectivity index (χ3v) is 6.96. The van der Waals surface area contributed by atoms with Crippen LogP contribution in [0.2, 0.25) is 0 Å². The van der Waals surface area contributed by atoms with Gasteiger partial charge in [-0.15, -0.1) is 10.2 Å². The summed E-state index contributed by atoms with van der Waals surface area (Å²) in [6.45, 7) is 3.08. The molecule has 0 amide bonds. The van der Waals surface area contributed by atoms with Crippen molar-refractivity contribution >= 4 is 25.0 Å². The lowest BCUT2D eigenvalue weighted by Gasteiger charge is -2.11. The van der Waals surface area contributed by atoms with Gasteiger partial charge in [-0.2, -0.15) is 0 Å². The van der Waals surface area contributed by atoms with Gasteiger partial charge >= 0.3 is 7.60 Å². The summed E-state index contributed by atoms with van der Waals surface area (Å²) >= 11 is 1.37. The summed E-state index contributed by atoms with van der Waals surface area (Å²) in [5, 5.41) is 22.8. The molecule has 2 aromatic carbocycles. The van der Waals surface area contributed by atoms with E-state index < -0.39 is 12.5 Å². The van der Waals surface area contributed by atoms with E-state index in [4.69, 9.17) is 14.2 Å². The van der Waals surface area contributed by atoms with E-state index in [1.807, 2.05) is 37.3 Å². The van der Waals surface area contributed by atoms with Gasteiger partial charge in [0.2, 0.25) is 5.89 Å². The Morgan fingerprint density at radius 1 is 1.21 bits per heavy atom. The van der Waals surface area contributed by atoms with Crippen molar-refractivity contribution in [2.75, 3.05) is 12.7 Å². The lowest BCUT2D eigenvalue weighted by molar-refractivity contribution is -0.384. The Morgan fingerprint density at radius 3 is 2.64 bits per heavy atom. The third kappa shape index (κ3) is 7.76. The van der Waals surface area contributed by atoms with Crippen LogP contribution in [-0.2, 0) is 11.1 Å². The largest absolute Gasteiger partial charge is 0.411 e. The van der Waals surface area contributed by atoms with E-state index in [1.54, 1.807) is 12.1 Å². The fraction of sp³-hybridized carbons (Fsp3) is 0.333. The van der Waals surface area contributed by atoms with Crippen LogP contribution in [-0.4, -0.2) is 37.6 Å². The zero-order valence-corrected chi connectivity index (χ0v) is 19.7. The van der Waals surface area contributed by atoms with Gasteiger partial charge in [0.1, 0.15) is 0 Å². The molecular weight excluding hydrogens is 467 g/mol. The topological polar surface area (TPSA) is 152 Å². The van der Waals surface area contributed by atoms with Crippen LogP contribution < -0.4 is 5.32 Å². The van der Waals surface area contributed by atoms with Crippen LogP contribution in [0.1, 0.15) is 36.1 Å². The summed E-state index contributed by atoms with van der Waals surface area (Å²) < 4.78 is 16.6. The number of hydrogen-bond acceptors (Lipinski definition) is 8. The van der Waals surface area contributed by atoms with Gasteiger partial charge in [0.15, 0.2) is 0 Å². The average Bonchev–Trinajstić information content (AvgIpc) is 3.25. The second-order valence-corrected chi connectivity index (χ2v) is 10.3. The first-order chi connectivity index (χ1) is 15.7. The van der Waals surface area contributed by atoms with Crippen molar-refractivity contribution in [2.24, 2.45) is 0 Å². The summed E-state index contributed by atoms with van der Waals surface area (Å²) in [6.07, 6.45) is 1.01. The minimum atomic E-state index is -3.94. The highest BCUT2D eigenvalue weighted by Crippen LogP contribution is 2.38. The minimum absolute atomic E-state index is 0.0501. The number of non-ortho nitro benzene ring substituents is 1. The summed E-state index contributed by atoms with van der Waals surface area (Å²) in [4.78, 5) is 28.4. The number of benzene rings is 2. The maximum atomic E-state index is 11.1. The smallest absolute Gasteiger partial charge is 0.325 e. The Bertz CT molecular complexity index is 1120. The molecule has 0 aliphatic heterocycles. The highest BCUT2D eigenvalue weighted by atomic mass is 32.2. The molecule has 0 aliphatic carbocycles. The van der Waals surface area contributed by atoms with Crippen LogP contribution in [0.5, 0.6) is 0 Å². The molecule has 3 aromatic rings. The number of nitrogens with zero attached hydrogens (tertiary/aromatic N) is 3. The Kier molecular flexibility index (Phi) is 8.76. The van der Waals surface area contributed by atoms with Gasteiger partial charge in [-0.3, -0.25) is 14.7 Å². The van der Waals surface area contributed by atoms with E-state index in [2.05, 4.69) is 15.5 Å². The van der Waals surface area contributed by atoms with Crippen LogP contribution in [0.15, 0.2) is 58.2 Å². The van der Waals surface area contributed by atoms with Gasteiger partial charge in [-0.25, -0.2) is 0 Å². The zero-order chi connectivity index (χ0) is 23.8. The molecule has 0 aliphatic rings. The highest BCUT2D eigenvalue weighted by Gasteiger charge is 2.19. The number of rotatable bonds is 12. The second-order valence-electron chi connectivity index (χ2n) is 7.36. The van der Waals surface area contributed by atoms with Crippen molar-refractivity contribution in [2.45, 2.75) is 36.8 Å². The van der Waals surface area contributed by atoms with Gasteiger partial charge in [-0.05, 0) is 42.6 Å². The van der Waals surface area contributed by atoms with Gasteiger partial charge in [0.05, 0.1) is 11.1 Å². The first-order valence-electron chi connectivity index (χ1n) is 10.3. The molecule has 3 N–H and O–H groups in total. The summed E-state index contributed by atoms with van der Waals surface area (Å²) in [5.74, 6) is 0.382. The molecule has 0 saturated heterocycles. The lowest BCUT2D eigenvalue weighted by Crippen LogP contribution is -2.15. The Balaban J connectivity index is 1.57. The SMILES string of the molecule is CCC(Sc1nnc(-c2ccc(CNCCCP(=O)(O)O)cc2)o1)c1cccc([N+](=O)[O-])c1. The van der Waals surface area contributed by atoms with Crippen molar-refractivity contribution < 1.29 is 23.7 Å². The van der Waals surface area contributed by atoms with Crippen molar-refractivity contribution in [3.05, 3.63) is 69.8 Å². The molecule has 12 heteroatoms. The highest BCUT2D eigenvalue weighted by molar-refractivity contribution is 7.99. The predicted octanol–water partition coefficient (Wildman–Crippen LogP) is 4.55.